The highest BCUT2D eigenvalue weighted by Gasteiger charge is 2.36. The Kier molecular flexibility index (Phi) is 4.26. The zero-order chi connectivity index (χ0) is 11.4. The first-order valence-corrected chi connectivity index (χ1v) is 7.08. The third kappa shape index (κ3) is 2.98. The second-order valence-corrected chi connectivity index (χ2v) is 6.18. The summed E-state index contributed by atoms with van der Waals surface area (Å²) < 4.78 is 0. The van der Waals surface area contributed by atoms with Crippen LogP contribution in [0.15, 0.2) is 0 Å². The van der Waals surface area contributed by atoms with Crippen LogP contribution in [0.3, 0.4) is 0 Å². The van der Waals surface area contributed by atoms with E-state index in [1.807, 2.05) is 0 Å². The fourth-order valence-electron chi connectivity index (χ4n) is 3.41. The summed E-state index contributed by atoms with van der Waals surface area (Å²) in [6, 6.07) is 0.750. The van der Waals surface area contributed by atoms with Crippen LogP contribution in [0.1, 0.15) is 58.3 Å². The summed E-state index contributed by atoms with van der Waals surface area (Å²) in [4.78, 5) is 0. The van der Waals surface area contributed by atoms with E-state index in [0.29, 0.717) is 12.0 Å². The fraction of sp³-hybridized carbons (Fsp3) is 1.00. The van der Waals surface area contributed by atoms with Gasteiger partial charge in [0, 0.05) is 19.2 Å². The van der Waals surface area contributed by atoms with E-state index in [1.165, 1.54) is 44.9 Å². The Hall–Kier alpha value is -0.0800. The monoisotopic (exact) mass is 225 g/mol. The average Bonchev–Trinajstić information content (AvgIpc) is 2.22. The van der Waals surface area contributed by atoms with Crippen LogP contribution in [-0.2, 0) is 0 Å². The van der Waals surface area contributed by atoms with Gasteiger partial charge in [-0.05, 0) is 43.4 Å². The molecule has 0 heterocycles. The molecular weight excluding hydrogens is 198 g/mol. The Labute approximate surface area is 99.8 Å². The molecule has 2 heteroatoms. The quantitative estimate of drug-likeness (QED) is 0.754. The van der Waals surface area contributed by atoms with E-state index in [-0.39, 0.29) is 0 Å². The molecule has 94 valence electrons. The summed E-state index contributed by atoms with van der Waals surface area (Å²) in [5.74, 6) is 0.904. The van der Waals surface area contributed by atoms with Gasteiger partial charge in [-0.15, -0.1) is 0 Å². The molecule has 0 aromatic heterocycles. The minimum Gasteiger partial charge on any atom is -0.396 e. The minimum absolute atomic E-state index is 0.364. The van der Waals surface area contributed by atoms with E-state index in [9.17, 15) is 0 Å². The minimum atomic E-state index is 0.364. The lowest BCUT2D eigenvalue weighted by molar-refractivity contribution is 0.0792. The first-order chi connectivity index (χ1) is 7.74. The molecule has 16 heavy (non-hydrogen) atoms. The summed E-state index contributed by atoms with van der Waals surface area (Å²) in [7, 11) is 0. The van der Waals surface area contributed by atoms with Crippen molar-refractivity contribution < 1.29 is 5.11 Å². The summed E-state index contributed by atoms with van der Waals surface area (Å²) in [6.07, 6.45) is 10.5. The Morgan fingerprint density at radius 1 is 1.25 bits per heavy atom. The van der Waals surface area contributed by atoms with Crippen LogP contribution >= 0.6 is 0 Å². The standard InChI is InChI=1S/C14H27NO/c1-12-4-2-5-13(10-12)15-11-14(8-9-16)6-3-7-14/h12-13,15-16H,2-11H2,1H3. The van der Waals surface area contributed by atoms with Crippen molar-refractivity contribution in [1.82, 2.24) is 5.32 Å². The van der Waals surface area contributed by atoms with E-state index in [2.05, 4.69) is 12.2 Å². The molecule has 0 amide bonds. The van der Waals surface area contributed by atoms with Gasteiger partial charge >= 0.3 is 0 Å². The maximum Gasteiger partial charge on any atom is 0.0436 e. The van der Waals surface area contributed by atoms with Crippen LogP contribution < -0.4 is 5.32 Å². The SMILES string of the molecule is CC1CCCC(NCC2(CCO)CCC2)C1. The van der Waals surface area contributed by atoms with E-state index >= 15 is 0 Å². The molecule has 0 aliphatic heterocycles. The van der Waals surface area contributed by atoms with Crippen molar-refractivity contribution in [2.45, 2.75) is 64.3 Å². The van der Waals surface area contributed by atoms with E-state index in [0.717, 1.165) is 24.9 Å². The average molecular weight is 225 g/mol. The van der Waals surface area contributed by atoms with Gasteiger partial charge in [0.05, 0.1) is 0 Å². The number of nitrogens with one attached hydrogen (secondary N) is 1. The summed E-state index contributed by atoms with van der Waals surface area (Å²) in [5, 5.41) is 12.9. The van der Waals surface area contributed by atoms with Crippen LogP contribution in [0.4, 0.5) is 0 Å². The molecule has 0 saturated heterocycles. The predicted molar refractivity (Wildman–Crippen MR) is 67.4 cm³/mol. The van der Waals surface area contributed by atoms with Gasteiger partial charge < -0.3 is 10.4 Å². The smallest absolute Gasteiger partial charge is 0.0436 e. The van der Waals surface area contributed by atoms with Crippen LogP contribution in [0.2, 0.25) is 0 Å². The molecule has 2 unspecified atom stereocenters. The van der Waals surface area contributed by atoms with E-state index in [1.54, 1.807) is 0 Å². The van der Waals surface area contributed by atoms with Crippen molar-refractivity contribution in [3.63, 3.8) is 0 Å². The lowest BCUT2D eigenvalue weighted by atomic mass is 9.66. The molecular formula is C14H27NO. The number of aliphatic hydroxyl groups is 1. The van der Waals surface area contributed by atoms with Crippen LogP contribution in [-0.4, -0.2) is 24.3 Å². The third-order valence-electron chi connectivity index (χ3n) is 4.76. The molecule has 2 saturated carbocycles. The predicted octanol–water partition coefficient (Wildman–Crippen LogP) is 2.71. The molecule has 0 aromatic carbocycles. The third-order valence-corrected chi connectivity index (χ3v) is 4.76. The highest BCUT2D eigenvalue weighted by molar-refractivity contribution is 4.90. The molecule has 2 atom stereocenters. The highest BCUT2D eigenvalue weighted by atomic mass is 16.3. The molecule has 0 aromatic rings. The number of hydrogen-bond acceptors (Lipinski definition) is 2. The lowest BCUT2D eigenvalue weighted by Gasteiger charge is -2.43. The number of aliphatic hydroxyl groups excluding tert-OH is 1. The van der Waals surface area contributed by atoms with Crippen molar-refractivity contribution in [2.75, 3.05) is 13.2 Å². The lowest BCUT2D eigenvalue weighted by Crippen LogP contribution is -2.45. The van der Waals surface area contributed by atoms with Crippen LogP contribution in [0, 0.1) is 11.3 Å². The van der Waals surface area contributed by atoms with Gasteiger partial charge in [0.25, 0.3) is 0 Å². The Bertz CT molecular complexity index is 213. The van der Waals surface area contributed by atoms with Gasteiger partial charge in [0.2, 0.25) is 0 Å². The van der Waals surface area contributed by atoms with Gasteiger partial charge in [-0.3, -0.25) is 0 Å². The molecule has 0 spiro atoms. The van der Waals surface area contributed by atoms with Gasteiger partial charge in [-0.25, -0.2) is 0 Å². The normalized spacial score (nSPS) is 33.4. The fourth-order valence-corrected chi connectivity index (χ4v) is 3.41. The van der Waals surface area contributed by atoms with Gasteiger partial charge in [0.1, 0.15) is 0 Å². The van der Waals surface area contributed by atoms with Crippen molar-refractivity contribution in [3.8, 4) is 0 Å². The Morgan fingerprint density at radius 2 is 2.06 bits per heavy atom. The zero-order valence-electron chi connectivity index (χ0n) is 10.7. The first-order valence-electron chi connectivity index (χ1n) is 7.08. The molecule has 2 aliphatic rings. The van der Waals surface area contributed by atoms with Crippen molar-refractivity contribution in [2.24, 2.45) is 11.3 Å². The van der Waals surface area contributed by atoms with Gasteiger partial charge in [-0.2, -0.15) is 0 Å². The van der Waals surface area contributed by atoms with Crippen molar-refractivity contribution in [1.29, 1.82) is 0 Å². The molecule has 0 radical (unpaired) electrons. The van der Waals surface area contributed by atoms with Crippen LogP contribution in [0.5, 0.6) is 0 Å². The number of hydrogen-bond donors (Lipinski definition) is 2. The van der Waals surface area contributed by atoms with Gasteiger partial charge in [0.15, 0.2) is 0 Å². The van der Waals surface area contributed by atoms with E-state index < -0.39 is 0 Å². The second-order valence-electron chi connectivity index (χ2n) is 6.18. The maximum absolute atomic E-state index is 9.12. The Morgan fingerprint density at radius 3 is 2.62 bits per heavy atom. The topological polar surface area (TPSA) is 32.3 Å². The van der Waals surface area contributed by atoms with E-state index in [4.69, 9.17) is 5.11 Å². The molecule has 2 fully saturated rings. The molecule has 2 nitrogen and oxygen atoms in total. The van der Waals surface area contributed by atoms with Crippen molar-refractivity contribution >= 4 is 0 Å². The molecule has 0 bridgehead atoms. The first kappa shape index (κ1) is 12.4. The maximum atomic E-state index is 9.12. The van der Waals surface area contributed by atoms with Crippen LogP contribution in [0.25, 0.3) is 0 Å². The molecule has 2 rings (SSSR count). The largest absolute Gasteiger partial charge is 0.396 e. The Balaban J connectivity index is 1.73. The van der Waals surface area contributed by atoms with Gasteiger partial charge in [-0.1, -0.05) is 26.2 Å². The zero-order valence-corrected chi connectivity index (χ0v) is 10.7. The van der Waals surface area contributed by atoms with Crippen molar-refractivity contribution in [3.05, 3.63) is 0 Å². The summed E-state index contributed by atoms with van der Waals surface area (Å²) in [5.41, 5.74) is 0.454. The highest BCUT2D eigenvalue weighted by Crippen LogP contribution is 2.43. The molecule has 2 aliphatic carbocycles. The summed E-state index contributed by atoms with van der Waals surface area (Å²) in [6.45, 7) is 3.88. The number of rotatable bonds is 5. The second kappa shape index (κ2) is 5.50. The summed E-state index contributed by atoms with van der Waals surface area (Å²) >= 11 is 0. The molecule has 2 N–H and O–H groups in total.